The standard InChI is InChI=1S/C15H20N2O2S2/c1-10(18)6-15(2,3)9-16-13(19)12-8-21-14(17-12)11-4-5-20-7-11/h4-5,7-8,10,18H,6,9H2,1-3H3,(H,16,19). The van der Waals surface area contributed by atoms with Crippen LogP contribution in [0.4, 0.5) is 0 Å². The predicted octanol–water partition coefficient (Wildman–Crippen LogP) is 3.40. The maximum absolute atomic E-state index is 12.1. The van der Waals surface area contributed by atoms with E-state index in [1.807, 2.05) is 30.7 Å². The van der Waals surface area contributed by atoms with Crippen molar-refractivity contribution in [3.63, 3.8) is 0 Å². The first-order valence-electron chi connectivity index (χ1n) is 6.82. The maximum Gasteiger partial charge on any atom is 0.270 e. The van der Waals surface area contributed by atoms with Gasteiger partial charge in [-0.15, -0.1) is 11.3 Å². The highest BCUT2D eigenvalue weighted by Crippen LogP contribution is 2.26. The van der Waals surface area contributed by atoms with Crippen LogP contribution in [0.15, 0.2) is 22.2 Å². The van der Waals surface area contributed by atoms with Crippen molar-refractivity contribution < 1.29 is 9.90 Å². The first kappa shape index (κ1) is 16.1. The minimum atomic E-state index is -0.374. The van der Waals surface area contributed by atoms with E-state index in [9.17, 15) is 9.90 Å². The number of aliphatic hydroxyl groups excluding tert-OH is 1. The van der Waals surface area contributed by atoms with Gasteiger partial charge in [0.05, 0.1) is 6.10 Å². The fraction of sp³-hybridized carbons (Fsp3) is 0.467. The lowest BCUT2D eigenvalue weighted by Crippen LogP contribution is -2.35. The van der Waals surface area contributed by atoms with Crippen molar-refractivity contribution in [1.82, 2.24) is 10.3 Å². The van der Waals surface area contributed by atoms with Gasteiger partial charge in [0.2, 0.25) is 0 Å². The van der Waals surface area contributed by atoms with Crippen molar-refractivity contribution in [2.45, 2.75) is 33.3 Å². The molecule has 0 aliphatic rings. The fourth-order valence-corrected chi connectivity index (χ4v) is 3.69. The lowest BCUT2D eigenvalue weighted by atomic mass is 9.87. The highest BCUT2D eigenvalue weighted by molar-refractivity contribution is 7.14. The highest BCUT2D eigenvalue weighted by Gasteiger charge is 2.22. The van der Waals surface area contributed by atoms with Crippen LogP contribution in [0.3, 0.4) is 0 Å². The van der Waals surface area contributed by atoms with E-state index in [2.05, 4.69) is 10.3 Å². The molecule has 0 aliphatic carbocycles. The van der Waals surface area contributed by atoms with Crippen molar-refractivity contribution >= 4 is 28.6 Å². The Morgan fingerprint density at radius 2 is 2.24 bits per heavy atom. The SMILES string of the molecule is CC(O)CC(C)(C)CNC(=O)c1csc(-c2ccsc2)n1. The summed E-state index contributed by atoms with van der Waals surface area (Å²) in [5.74, 6) is -0.161. The second-order valence-corrected chi connectivity index (χ2v) is 7.59. The number of thiazole rings is 1. The molecule has 0 radical (unpaired) electrons. The number of aliphatic hydroxyl groups is 1. The number of rotatable bonds is 6. The number of thiophene rings is 1. The van der Waals surface area contributed by atoms with Gasteiger partial charge in [-0.3, -0.25) is 4.79 Å². The molecule has 114 valence electrons. The van der Waals surface area contributed by atoms with E-state index in [1.165, 1.54) is 11.3 Å². The normalized spacial score (nSPS) is 13.1. The maximum atomic E-state index is 12.1. The molecule has 0 saturated heterocycles. The van der Waals surface area contributed by atoms with Crippen molar-refractivity contribution in [3.8, 4) is 10.6 Å². The summed E-state index contributed by atoms with van der Waals surface area (Å²) in [6.07, 6.45) is 0.270. The minimum absolute atomic E-state index is 0.143. The zero-order valence-electron chi connectivity index (χ0n) is 12.4. The number of hydrogen-bond acceptors (Lipinski definition) is 5. The third kappa shape index (κ3) is 4.62. The summed E-state index contributed by atoms with van der Waals surface area (Å²) >= 11 is 3.09. The Labute approximate surface area is 132 Å². The summed E-state index contributed by atoms with van der Waals surface area (Å²) in [7, 11) is 0. The zero-order valence-corrected chi connectivity index (χ0v) is 14.1. The smallest absolute Gasteiger partial charge is 0.270 e. The van der Waals surface area contributed by atoms with Gasteiger partial charge in [0, 0.05) is 22.9 Å². The van der Waals surface area contributed by atoms with E-state index in [-0.39, 0.29) is 17.4 Å². The molecule has 0 aliphatic heterocycles. The van der Waals surface area contributed by atoms with E-state index in [0.717, 1.165) is 10.6 Å². The van der Waals surface area contributed by atoms with Crippen LogP contribution in [0.25, 0.3) is 10.6 Å². The van der Waals surface area contributed by atoms with Crippen molar-refractivity contribution in [3.05, 3.63) is 27.9 Å². The summed E-state index contributed by atoms with van der Waals surface area (Å²) < 4.78 is 0. The third-order valence-electron chi connectivity index (χ3n) is 3.08. The van der Waals surface area contributed by atoms with Crippen LogP contribution < -0.4 is 5.32 Å². The second-order valence-electron chi connectivity index (χ2n) is 5.95. The van der Waals surface area contributed by atoms with E-state index in [0.29, 0.717) is 18.7 Å². The zero-order chi connectivity index (χ0) is 15.5. The Balaban J connectivity index is 1.95. The molecule has 2 N–H and O–H groups in total. The predicted molar refractivity (Wildman–Crippen MR) is 87.8 cm³/mol. The van der Waals surface area contributed by atoms with E-state index in [1.54, 1.807) is 23.6 Å². The minimum Gasteiger partial charge on any atom is -0.393 e. The van der Waals surface area contributed by atoms with Crippen LogP contribution in [-0.4, -0.2) is 28.6 Å². The largest absolute Gasteiger partial charge is 0.393 e. The summed E-state index contributed by atoms with van der Waals surface area (Å²) in [6.45, 7) is 6.33. The van der Waals surface area contributed by atoms with Gasteiger partial charge in [0.25, 0.3) is 5.91 Å². The average Bonchev–Trinajstić information content (AvgIpc) is 3.04. The van der Waals surface area contributed by atoms with E-state index in [4.69, 9.17) is 0 Å². The number of hydrogen-bond donors (Lipinski definition) is 2. The number of amides is 1. The highest BCUT2D eigenvalue weighted by atomic mass is 32.1. The molecule has 0 fully saturated rings. The van der Waals surface area contributed by atoms with Gasteiger partial charge in [-0.1, -0.05) is 13.8 Å². The molecule has 2 aromatic heterocycles. The molecule has 2 rings (SSSR count). The third-order valence-corrected chi connectivity index (χ3v) is 4.66. The lowest BCUT2D eigenvalue weighted by molar-refractivity contribution is 0.0898. The van der Waals surface area contributed by atoms with Crippen molar-refractivity contribution in [2.75, 3.05) is 6.54 Å². The van der Waals surface area contributed by atoms with Crippen LogP contribution in [0.5, 0.6) is 0 Å². The van der Waals surface area contributed by atoms with Gasteiger partial charge in [-0.2, -0.15) is 11.3 Å². The quantitative estimate of drug-likeness (QED) is 0.856. The Kier molecular flexibility index (Phi) is 5.13. The van der Waals surface area contributed by atoms with E-state index >= 15 is 0 Å². The fourth-order valence-electron chi connectivity index (χ4n) is 2.18. The molecule has 6 heteroatoms. The van der Waals surface area contributed by atoms with Gasteiger partial charge >= 0.3 is 0 Å². The molecular weight excluding hydrogens is 304 g/mol. The van der Waals surface area contributed by atoms with Crippen LogP contribution >= 0.6 is 22.7 Å². The first-order chi connectivity index (χ1) is 9.87. The second kappa shape index (κ2) is 6.68. The number of nitrogens with zero attached hydrogens (tertiary/aromatic N) is 1. The first-order valence-corrected chi connectivity index (χ1v) is 8.64. The summed E-state index contributed by atoms with van der Waals surface area (Å²) in [5, 5.41) is 19.0. The van der Waals surface area contributed by atoms with Crippen LogP contribution in [-0.2, 0) is 0 Å². The topological polar surface area (TPSA) is 62.2 Å². The molecule has 21 heavy (non-hydrogen) atoms. The van der Waals surface area contributed by atoms with Crippen LogP contribution in [0, 0.1) is 5.41 Å². The van der Waals surface area contributed by atoms with Gasteiger partial charge in [0.1, 0.15) is 10.7 Å². The Morgan fingerprint density at radius 3 is 2.86 bits per heavy atom. The number of aromatic nitrogens is 1. The molecule has 1 unspecified atom stereocenters. The molecule has 4 nitrogen and oxygen atoms in total. The monoisotopic (exact) mass is 324 g/mol. The van der Waals surface area contributed by atoms with E-state index < -0.39 is 0 Å². The molecular formula is C15H20N2O2S2. The Hall–Kier alpha value is -1.24. The average molecular weight is 324 g/mol. The molecule has 0 saturated carbocycles. The summed E-state index contributed by atoms with van der Waals surface area (Å²) in [6, 6.07) is 2.00. The summed E-state index contributed by atoms with van der Waals surface area (Å²) in [5.41, 5.74) is 1.36. The molecule has 0 bridgehead atoms. The lowest BCUT2D eigenvalue weighted by Gasteiger charge is -2.26. The molecule has 0 aromatic carbocycles. The Morgan fingerprint density at radius 1 is 1.48 bits per heavy atom. The molecule has 2 aromatic rings. The number of carbonyl (C=O) groups excluding carboxylic acids is 1. The van der Waals surface area contributed by atoms with Gasteiger partial charge in [-0.05, 0) is 30.2 Å². The van der Waals surface area contributed by atoms with Gasteiger partial charge < -0.3 is 10.4 Å². The molecule has 1 atom stereocenters. The van der Waals surface area contributed by atoms with Crippen LogP contribution in [0.2, 0.25) is 0 Å². The van der Waals surface area contributed by atoms with Crippen molar-refractivity contribution in [2.24, 2.45) is 5.41 Å². The molecule has 0 spiro atoms. The van der Waals surface area contributed by atoms with Gasteiger partial charge in [0.15, 0.2) is 0 Å². The summed E-state index contributed by atoms with van der Waals surface area (Å²) in [4.78, 5) is 16.5. The number of carbonyl (C=O) groups is 1. The number of nitrogens with one attached hydrogen (secondary N) is 1. The van der Waals surface area contributed by atoms with Crippen LogP contribution in [0.1, 0.15) is 37.7 Å². The van der Waals surface area contributed by atoms with Gasteiger partial charge in [-0.25, -0.2) is 4.98 Å². The molecule has 1 amide bonds. The van der Waals surface area contributed by atoms with Crippen molar-refractivity contribution in [1.29, 1.82) is 0 Å². The Bertz CT molecular complexity index is 589. The molecule has 2 heterocycles.